The molecular weight excluding hydrogens is 90.1 g/mol. The fourth-order valence-electron chi connectivity index (χ4n) is 0. The zero-order valence-corrected chi connectivity index (χ0v) is 5.19. The standard InChI is InChI=1S/C5H10O.H3N/c1-4(2)5(3)6;/h4H,1-3H3;1H3. The monoisotopic (exact) mass is 103 g/mol. The van der Waals surface area contributed by atoms with Crippen LogP contribution in [0.5, 0.6) is 0 Å². The number of Topliss-reactive ketones (excluding diaryl/α,β-unsaturated/α-hetero) is 1. The van der Waals surface area contributed by atoms with Gasteiger partial charge in [-0.2, -0.15) is 0 Å². The van der Waals surface area contributed by atoms with Crippen molar-refractivity contribution in [2.45, 2.75) is 20.8 Å². The maximum Gasteiger partial charge on any atom is 0.132 e. The normalized spacial score (nSPS) is 8.00. The summed E-state index contributed by atoms with van der Waals surface area (Å²) in [7, 11) is 0. The second kappa shape index (κ2) is 3.81. The Hall–Kier alpha value is -0.370. The van der Waals surface area contributed by atoms with Crippen LogP contribution in [0.1, 0.15) is 20.8 Å². The number of ketones is 1. The topological polar surface area (TPSA) is 52.1 Å². The molecule has 0 amide bonds. The minimum atomic E-state index is 0. The van der Waals surface area contributed by atoms with Gasteiger partial charge in [0.05, 0.1) is 0 Å². The Morgan fingerprint density at radius 2 is 1.57 bits per heavy atom. The second-order valence-electron chi connectivity index (χ2n) is 1.77. The molecule has 0 aliphatic rings. The van der Waals surface area contributed by atoms with Crippen LogP contribution >= 0.6 is 0 Å². The maximum atomic E-state index is 10.1. The van der Waals surface area contributed by atoms with Crippen LogP contribution < -0.4 is 6.15 Å². The minimum Gasteiger partial charge on any atom is -0.344 e. The van der Waals surface area contributed by atoms with E-state index in [0.29, 0.717) is 0 Å². The number of hydrogen-bond donors (Lipinski definition) is 1. The van der Waals surface area contributed by atoms with Crippen LogP contribution in [0.3, 0.4) is 0 Å². The quantitative estimate of drug-likeness (QED) is 0.545. The minimum absolute atomic E-state index is 0. The van der Waals surface area contributed by atoms with E-state index in [1.165, 1.54) is 0 Å². The lowest BCUT2D eigenvalue weighted by atomic mass is 10.1. The summed E-state index contributed by atoms with van der Waals surface area (Å²) in [6.07, 6.45) is 0. The third-order valence-corrected chi connectivity index (χ3v) is 0.813. The molecule has 0 saturated heterocycles. The van der Waals surface area contributed by atoms with Crippen molar-refractivity contribution in [3.05, 3.63) is 0 Å². The number of carbonyl (C=O) groups excluding carboxylic acids is 1. The van der Waals surface area contributed by atoms with Crippen molar-refractivity contribution in [1.82, 2.24) is 6.15 Å². The Balaban J connectivity index is 0. The predicted octanol–water partition coefficient (Wildman–Crippen LogP) is 1.39. The summed E-state index contributed by atoms with van der Waals surface area (Å²) >= 11 is 0. The average molecular weight is 103 g/mol. The molecule has 2 heteroatoms. The largest absolute Gasteiger partial charge is 0.344 e. The summed E-state index contributed by atoms with van der Waals surface area (Å²) in [6, 6.07) is 0. The molecule has 0 heterocycles. The van der Waals surface area contributed by atoms with Gasteiger partial charge in [-0.15, -0.1) is 0 Å². The molecule has 7 heavy (non-hydrogen) atoms. The highest BCUT2D eigenvalue weighted by Crippen LogP contribution is 1.89. The summed E-state index contributed by atoms with van der Waals surface area (Å²) in [6.45, 7) is 5.38. The summed E-state index contributed by atoms with van der Waals surface area (Å²) in [4.78, 5) is 10.1. The smallest absolute Gasteiger partial charge is 0.132 e. The molecule has 2 nitrogen and oxygen atoms in total. The molecule has 0 aromatic heterocycles. The molecule has 0 atom stereocenters. The van der Waals surface area contributed by atoms with Gasteiger partial charge in [0, 0.05) is 5.92 Å². The van der Waals surface area contributed by atoms with Crippen molar-refractivity contribution in [2.75, 3.05) is 0 Å². The first-order chi connectivity index (χ1) is 2.64. The van der Waals surface area contributed by atoms with Crippen molar-refractivity contribution in [3.63, 3.8) is 0 Å². The van der Waals surface area contributed by atoms with E-state index in [9.17, 15) is 4.79 Å². The van der Waals surface area contributed by atoms with E-state index < -0.39 is 0 Å². The van der Waals surface area contributed by atoms with Gasteiger partial charge in [-0.3, -0.25) is 4.79 Å². The Bertz CT molecular complexity index is 59.1. The van der Waals surface area contributed by atoms with Crippen LogP contribution in [0.15, 0.2) is 0 Å². The van der Waals surface area contributed by atoms with E-state index in [0.717, 1.165) is 0 Å². The van der Waals surface area contributed by atoms with E-state index in [4.69, 9.17) is 0 Å². The highest BCUT2D eigenvalue weighted by Gasteiger charge is 1.94. The Labute approximate surface area is 44.5 Å². The second-order valence-corrected chi connectivity index (χ2v) is 1.77. The van der Waals surface area contributed by atoms with Gasteiger partial charge >= 0.3 is 0 Å². The molecule has 0 bridgehead atoms. The number of hydrogen-bond acceptors (Lipinski definition) is 2. The summed E-state index contributed by atoms with van der Waals surface area (Å²) in [5, 5.41) is 0. The Kier molecular flexibility index (Phi) is 5.33. The van der Waals surface area contributed by atoms with Crippen LogP contribution in [-0.2, 0) is 4.79 Å². The third-order valence-electron chi connectivity index (χ3n) is 0.813. The Morgan fingerprint density at radius 1 is 1.43 bits per heavy atom. The van der Waals surface area contributed by atoms with E-state index in [2.05, 4.69) is 0 Å². The fourth-order valence-corrected chi connectivity index (χ4v) is 0. The molecular formula is C5H13NO. The van der Waals surface area contributed by atoms with Gasteiger partial charge in [0.2, 0.25) is 0 Å². The van der Waals surface area contributed by atoms with Gasteiger partial charge in [0.15, 0.2) is 0 Å². The fraction of sp³-hybridized carbons (Fsp3) is 0.800. The number of rotatable bonds is 1. The molecule has 0 radical (unpaired) electrons. The van der Waals surface area contributed by atoms with Gasteiger partial charge in [0.25, 0.3) is 0 Å². The highest BCUT2D eigenvalue weighted by atomic mass is 16.1. The molecule has 0 aromatic rings. The maximum absolute atomic E-state index is 10.1. The lowest BCUT2D eigenvalue weighted by Crippen LogP contribution is -1.98. The first-order valence-corrected chi connectivity index (χ1v) is 2.15. The van der Waals surface area contributed by atoms with Crippen LogP contribution in [0.2, 0.25) is 0 Å². The number of carbonyl (C=O) groups is 1. The third kappa shape index (κ3) is 5.63. The van der Waals surface area contributed by atoms with Gasteiger partial charge in [-0.25, -0.2) is 0 Å². The molecule has 44 valence electrons. The molecule has 0 unspecified atom stereocenters. The van der Waals surface area contributed by atoms with Gasteiger partial charge < -0.3 is 6.15 Å². The predicted molar refractivity (Wildman–Crippen MR) is 30.5 cm³/mol. The van der Waals surface area contributed by atoms with Crippen LogP contribution in [0.4, 0.5) is 0 Å². The molecule has 3 N–H and O–H groups in total. The molecule has 0 aliphatic heterocycles. The molecule has 0 fully saturated rings. The van der Waals surface area contributed by atoms with Crippen LogP contribution in [0, 0.1) is 5.92 Å². The lowest BCUT2D eigenvalue weighted by Gasteiger charge is -1.90. The molecule has 0 saturated carbocycles. The van der Waals surface area contributed by atoms with Gasteiger partial charge in [0.1, 0.15) is 5.78 Å². The highest BCUT2D eigenvalue weighted by molar-refractivity contribution is 5.77. The van der Waals surface area contributed by atoms with E-state index in [1.54, 1.807) is 6.92 Å². The zero-order valence-electron chi connectivity index (χ0n) is 5.19. The molecule has 0 spiro atoms. The van der Waals surface area contributed by atoms with Crippen molar-refractivity contribution in [3.8, 4) is 0 Å². The summed E-state index contributed by atoms with van der Waals surface area (Å²) in [5.41, 5.74) is 0. The first-order valence-electron chi connectivity index (χ1n) is 2.15. The molecule has 0 rings (SSSR count). The van der Waals surface area contributed by atoms with Crippen molar-refractivity contribution < 1.29 is 4.79 Å². The zero-order chi connectivity index (χ0) is 5.15. The summed E-state index contributed by atoms with van der Waals surface area (Å²) in [5.74, 6) is 0.472. The SMILES string of the molecule is CC(=O)C(C)C.N. The average Bonchev–Trinajstić information content (AvgIpc) is 1.36. The van der Waals surface area contributed by atoms with Gasteiger partial charge in [-0.1, -0.05) is 13.8 Å². The Morgan fingerprint density at radius 3 is 1.57 bits per heavy atom. The van der Waals surface area contributed by atoms with Crippen molar-refractivity contribution >= 4 is 5.78 Å². The molecule has 0 aliphatic carbocycles. The van der Waals surface area contributed by atoms with Crippen LogP contribution in [0.25, 0.3) is 0 Å². The van der Waals surface area contributed by atoms with E-state index in [1.807, 2.05) is 13.8 Å². The van der Waals surface area contributed by atoms with Crippen molar-refractivity contribution in [1.29, 1.82) is 0 Å². The van der Waals surface area contributed by atoms with E-state index in [-0.39, 0.29) is 17.9 Å². The summed E-state index contributed by atoms with van der Waals surface area (Å²) < 4.78 is 0. The van der Waals surface area contributed by atoms with Gasteiger partial charge in [-0.05, 0) is 6.92 Å². The molecule has 0 aromatic carbocycles. The first kappa shape index (κ1) is 9.80. The van der Waals surface area contributed by atoms with E-state index >= 15 is 0 Å². The lowest BCUT2D eigenvalue weighted by molar-refractivity contribution is -0.119. The van der Waals surface area contributed by atoms with Crippen LogP contribution in [-0.4, -0.2) is 5.78 Å². The van der Waals surface area contributed by atoms with Crippen molar-refractivity contribution in [2.24, 2.45) is 5.92 Å².